The number of aryl methyl sites for hydroxylation is 1. The molecule has 0 amide bonds. The minimum atomic E-state index is -1.16. The van der Waals surface area contributed by atoms with E-state index in [1.54, 1.807) is 0 Å². The monoisotopic (exact) mass is 544 g/mol. The molecule has 0 fully saturated rings. The van der Waals surface area contributed by atoms with E-state index >= 15 is 0 Å². The number of hydrogen-bond donors (Lipinski definition) is 2. The Bertz CT molecular complexity index is 1080. The molecule has 0 unspecified atom stereocenters. The van der Waals surface area contributed by atoms with Gasteiger partial charge in [0, 0.05) is 0 Å². The summed E-state index contributed by atoms with van der Waals surface area (Å²) in [6.45, 7) is 4.39. The van der Waals surface area contributed by atoms with Crippen LogP contribution in [-0.4, -0.2) is 22.2 Å². The molecular formula is C36H48O4. The normalized spacial score (nSPS) is 10.6. The van der Waals surface area contributed by atoms with Gasteiger partial charge in [0.15, 0.2) is 0 Å². The maximum absolute atomic E-state index is 11.9. The van der Waals surface area contributed by atoms with E-state index in [0.29, 0.717) is 6.42 Å². The zero-order valence-corrected chi connectivity index (χ0v) is 24.5. The van der Waals surface area contributed by atoms with Gasteiger partial charge in [-0.05, 0) is 54.0 Å². The van der Waals surface area contributed by atoms with Crippen molar-refractivity contribution in [3.8, 4) is 11.1 Å². The highest BCUT2D eigenvalue weighted by Gasteiger charge is 2.22. The number of aromatic carboxylic acids is 2. The summed E-state index contributed by atoms with van der Waals surface area (Å²) in [7, 11) is 0. The van der Waals surface area contributed by atoms with Crippen LogP contribution in [0.25, 0.3) is 11.1 Å². The van der Waals surface area contributed by atoms with E-state index in [1.807, 2.05) is 18.2 Å². The molecule has 0 aliphatic carbocycles. The fourth-order valence-corrected chi connectivity index (χ4v) is 5.07. The third-order valence-electron chi connectivity index (χ3n) is 7.32. The number of rotatable bonds is 17. The second-order valence-corrected chi connectivity index (χ2v) is 10.5. The van der Waals surface area contributed by atoms with Crippen molar-refractivity contribution in [1.29, 1.82) is 0 Å². The van der Waals surface area contributed by atoms with Crippen molar-refractivity contribution in [3.63, 3.8) is 0 Å². The summed E-state index contributed by atoms with van der Waals surface area (Å²) in [5.74, 6) is -2.28. The third-order valence-corrected chi connectivity index (χ3v) is 7.32. The van der Waals surface area contributed by atoms with Crippen LogP contribution in [0.3, 0.4) is 0 Å². The highest BCUT2D eigenvalue weighted by atomic mass is 16.4. The van der Waals surface area contributed by atoms with Gasteiger partial charge in [-0.15, -0.1) is 0 Å². The first-order valence-corrected chi connectivity index (χ1v) is 15.2. The first kappa shape index (κ1) is 32.8. The molecule has 0 aliphatic rings. The summed E-state index contributed by atoms with van der Waals surface area (Å²) in [6.07, 6.45) is 15.4. The molecule has 4 heteroatoms. The van der Waals surface area contributed by atoms with E-state index < -0.39 is 11.9 Å². The summed E-state index contributed by atoms with van der Waals surface area (Å²) in [6, 6.07) is 24.1. The van der Waals surface area contributed by atoms with Crippen LogP contribution in [0, 0.1) is 0 Å². The van der Waals surface area contributed by atoms with Crippen molar-refractivity contribution in [2.45, 2.75) is 104 Å². The second-order valence-electron chi connectivity index (χ2n) is 10.5. The summed E-state index contributed by atoms with van der Waals surface area (Å²) in [4.78, 5) is 23.4. The molecule has 4 nitrogen and oxygen atoms in total. The summed E-state index contributed by atoms with van der Waals surface area (Å²) < 4.78 is 0. The van der Waals surface area contributed by atoms with E-state index in [9.17, 15) is 19.8 Å². The van der Waals surface area contributed by atoms with Crippen molar-refractivity contribution in [1.82, 2.24) is 0 Å². The van der Waals surface area contributed by atoms with Gasteiger partial charge < -0.3 is 10.2 Å². The molecule has 0 bridgehead atoms. The molecule has 3 aromatic rings. The molecule has 0 atom stereocenters. The Morgan fingerprint density at radius 3 is 1.43 bits per heavy atom. The van der Waals surface area contributed by atoms with Crippen LogP contribution in [0.15, 0.2) is 72.8 Å². The van der Waals surface area contributed by atoms with Crippen molar-refractivity contribution in [2.75, 3.05) is 0 Å². The predicted octanol–water partition coefficient (Wildman–Crippen LogP) is 10.2. The topological polar surface area (TPSA) is 74.6 Å². The van der Waals surface area contributed by atoms with Crippen molar-refractivity contribution >= 4 is 11.9 Å². The lowest BCUT2D eigenvalue weighted by atomic mass is 9.89. The lowest BCUT2D eigenvalue weighted by molar-refractivity contribution is 0.0650. The molecule has 0 aromatic heterocycles. The smallest absolute Gasteiger partial charge is 0.336 e. The number of carbonyl (C=O) groups is 2. The quantitative estimate of drug-likeness (QED) is 0.166. The van der Waals surface area contributed by atoms with Crippen molar-refractivity contribution in [2.24, 2.45) is 0 Å². The Balaban J connectivity index is 0.000000382. The van der Waals surface area contributed by atoms with E-state index in [4.69, 9.17) is 0 Å². The number of carboxylic acid groups (broad SMARTS) is 2. The number of unbranched alkanes of at least 4 members (excludes halogenated alkanes) is 10. The van der Waals surface area contributed by atoms with Gasteiger partial charge in [0.1, 0.15) is 0 Å². The van der Waals surface area contributed by atoms with Crippen LogP contribution in [0.5, 0.6) is 0 Å². The van der Waals surface area contributed by atoms with Gasteiger partial charge in [0.2, 0.25) is 0 Å². The number of carboxylic acids is 2. The highest BCUT2D eigenvalue weighted by molar-refractivity contribution is 6.03. The van der Waals surface area contributed by atoms with Gasteiger partial charge >= 0.3 is 11.9 Å². The third kappa shape index (κ3) is 11.8. The molecule has 0 spiro atoms. The van der Waals surface area contributed by atoms with Crippen LogP contribution in [0.4, 0.5) is 0 Å². The Labute approximate surface area is 241 Å². The van der Waals surface area contributed by atoms with Gasteiger partial charge in [-0.1, -0.05) is 145 Å². The van der Waals surface area contributed by atoms with Gasteiger partial charge in [0.25, 0.3) is 0 Å². The molecule has 0 heterocycles. The minimum Gasteiger partial charge on any atom is -0.478 e. The van der Waals surface area contributed by atoms with Crippen LogP contribution < -0.4 is 0 Å². The fourth-order valence-electron chi connectivity index (χ4n) is 5.07. The summed E-state index contributed by atoms with van der Waals surface area (Å²) in [5.41, 5.74) is 4.24. The Morgan fingerprint density at radius 2 is 0.975 bits per heavy atom. The van der Waals surface area contributed by atoms with Crippen LogP contribution in [0.2, 0.25) is 0 Å². The zero-order valence-electron chi connectivity index (χ0n) is 24.5. The van der Waals surface area contributed by atoms with Gasteiger partial charge in [-0.3, -0.25) is 0 Å². The maximum Gasteiger partial charge on any atom is 0.336 e. The summed E-state index contributed by atoms with van der Waals surface area (Å²) >= 11 is 0. The maximum atomic E-state index is 11.9. The van der Waals surface area contributed by atoms with E-state index in [0.717, 1.165) is 49.7 Å². The Hall–Kier alpha value is -3.40. The van der Waals surface area contributed by atoms with Crippen LogP contribution in [0.1, 0.15) is 123 Å². The SMILES string of the molecule is CCCCCCCCc1ccc(C(=O)O)c(C(=O)O)c1CCCCCCCC.c1ccc(-c2ccccc2)cc1. The predicted molar refractivity (Wildman–Crippen MR) is 166 cm³/mol. The van der Waals surface area contributed by atoms with Gasteiger partial charge in [0.05, 0.1) is 11.1 Å². The Kier molecular flexibility index (Phi) is 16.1. The molecule has 0 saturated heterocycles. The molecule has 2 N–H and O–H groups in total. The van der Waals surface area contributed by atoms with Crippen molar-refractivity contribution in [3.05, 3.63) is 95.1 Å². The first-order valence-electron chi connectivity index (χ1n) is 15.2. The van der Waals surface area contributed by atoms with Gasteiger partial charge in [-0.2, -0.15) is 0 Å². The van der Waals surface area contributed by atoms with E-state index in [-0.39, 0.29) is 11.1 Å². The van der Waals surface area contributed by atoms with Crippen LogP contribution in [-0.2, 0) is 12.8 Å². The first-order chi connectivity index (χ1) is 19.5. The lowest BCUT2D eigenvalue weighted by Gasteiger charge is -2.15. The largest absolute Gasteiger partial charge is 0.478 e. The number of hydrogen-bond acceptors (Lipinski definition) is 2. The molecule has 40 heavy (non-hydrogen) atoms. The Morgan fingerprint density at radius 1 is 0.525 bits per heavy atom. The molecule has 216 valence electrons. The highest BCUT2D eigenvalue weighted by Crippen LogP contribution is 2.25. The molecule has 0 aliphatic heterocycles. The fraction of sp³-hybridized carbons (Fsp3) is 0.444. The molecule has 0 radical (unpaired) electrons. The number of benzene rings is 3. The second kappa shape index (κ2) is 19.6. The summed E-state index contributed by atoms with van der Waals surface area (Å²) in [5, 5.41) is 19.1. The molecule has 3 rings (SSSR count). The zero-order chi connectivity index (χ0) is 29.0. The van der Waals surface area contributed by atoms with Gasteiger partial charge in [-0.25, -0.2) is 9.59 Å². The van der Waals surface area contributed by atoms with E-state index in [2.05, 4.69) is 62.4 Å². The molecular weight excluding hydrogens is 496 g/mol. The molecule has 3 aromatic carbocycles. The average molecular weight is 545 g/mol. The lowest BCUT2D eigenvalue weighted by Crippen LogP contribution is -2.14. The van der Waals surface area contributed by atoms with Crippen LogP contribution >= 0.6 is 0 Å². The van der Waals surface area contributed by atoms with Crippen molar-refractivity contribution < 1.29 is 19.8 Å². The molecule has 0 saturated carbocycles. The minimum absolute atomic E-state index is 0.00420. The average Bonchev–Trinajstić information content (AvgIpc) is 2.98. The standard InChI is InChI=1S/C24H38O4.C12H10/c1-3-5-7-9-11-13-15-19-17-18-21(23(25)26)22(24(27)28)20(19)16-14-12-10-8-6-4-2;1-3-7-11(8-4-1)12-9-5-2-6-10-12/h17-18H,3-16H2,1-2H3,(H,25,26)(H,27,28);1-10H. The van der Waals surface area contributed by atoms with E-state index in [1.165, 1.54) is 62.1 Å².